The zero-order valence-electron chi connectivity index (χ0n) is 16.1. The molecule has 1 saturated heterocycles. The van der Waals surface area contributed by atoms with Crippen LogP contribution in [0.3, 0.4) is 0 Å². The molecule has 2 aliphatic rings. The third-order valence-corrected chi connectivity index (χ3v) is 5.30. The summed E-state index contributed by atoms with van der Waals surface area (Å²) < 4.78 is 20.0. The highest BCUT2D eigenvalue weighted by Crippen LogP contribution is 2.41. The fourth-order valence-corrected chi connectivity index (χ4v) is 3.85. The van der Waals surface area contributed by atoms with Crippen LogP contribution in [-0.2, 0) is 17.7 Å². The van der Waals surface area contributed by atoms with Crippen molar-refractivity contribution in [2.75, 3.05) is 24.6 Å². The lowest BCUT2D eigenvalue weighted by atomic mass is 10.00. The standard InChI is InChI=1S/C20H21FN6O3/c21-16-5-17-12(4-18-19(10-28)30-20(29)27(17)18)3-15(16)11-1-2-14(25-6-11)9-24-7-13(22)8-26-23/h1-3,5-6,18-19,22-24,28H,4,7-10H2. The minimum atomic E-state index is -0.610. The van der Waals surface area contributed by atoms with Gasteiger partial charge in [0.1, 0.15) is 11.9 Å². The van der Waals surface area contributed by atoms with Gasteiger partial charge < -0.3 is 20.6 Å². The Labute approximate surface area is 171 Å². The molecule has 0 bridgehead atoms. The van der Waals surface area contributed by atoms with Gasteiger partial charge in [-0.2, -0.15) is 5.11 Å². The van der Waals surface area contributed by atoms with Crippen LogP contribution in [0.2, 0.25) is 0 Å². The van der Waals surface area contributed by atoms with Crippen LogP contribution in [-0.4, -0.2) is 53.7 Å². The summed E-state index contributed by atoms with van der Waals surface area (Å²) in [5.74, 6) is -0.463. The Hall–Kier alpha value is -3.24. The Bertz CT molecular complexity index is 997. The van der Waals surface area contributed by atoms with Crippen molar-refractivity contribution in [3.8, 4) is 11.1 Å². The second-order valence-corrected chi connectivity index (χ2v) is 7.27. The summed E-state index contributed by atoms with van der Waals surface area (Å²) >= 11 is 0. The number of nitrogens with zero attached hydrogens (tertiary/aromatic N) is 3. The summed E-state index contributed by atoms with van der Waals surface area (Å²) in [5, 5.41) is 23.2. The van der Waals surface area contributed by atoms with E-state index in [1.54, 1.807) is 24.4 Å². The molecule has 2 aromatic rings. The third kappa shape index (κ3) is 3.66. The van der Waals surface area contributed by atoms with E-state index in [-0.39, 0.29) is 19.2 Å². The lowest BCUT2D eigenvalue weighted by molar-refractivity contribution is 0.0830. The molecule has 30 heavy (non-hydrogen) atoms. The highest BCUT2D eigenvalue weighted by Gasteiger charge is 2.47. The van der Waals surface area contributed by atoms with Gasteiger partial charge in [-0.15, -0.1) is 0 Å². The number of hydrogen-bond donors (Lipinski definition) is 4. The topological polar surface area (TPSA) is 135 Å². The molecule has 4 N–H and O–H groups in total. The van der Waals surface area contributed by atoms with E-state index in [9.17, 15) is 14.3 Å². The number of carbonyl (C=O) groups excluding carboxylic acids is 1. The molecule has 2 aliphatic heterocycles. The quantitative estimate of drug-likeness (QED) is 0.390. The van der Waals surface area contributed by atoms with Crippen LogP contribution in [0.15, 0.2) is 35.6 Å². The molecule has 1 amide bonds. The van der Waals surface area contributed by atoms with E-state index in [4.69, 9.17) is 15.7 Å². The zero-order chi connectivity index (χ0) is 21.3. The van der Waals surface area contributed by atoms with Crippen LogP contribution in [0.25, 0.3) is 11.1 Å². The van der Waals surface area contributed by atoms with Crippen molar-refractivity contribution in [3.05, 3.63) is 47.5 Å². The second-order valence-electron chi connectivity index (χ2n) is 7.27. The number of ether oxygens (including phenoxy) is 1. The van der Waals surface area contributed by atoms with Gasteiger partial charge in [-0.05, 0) is 30.2 Å². The molecular formula is C20H21FN6O3. The first-order chi connectivity index (χ1) is 14.5. The lowest BCUT2D eigenvalue weighted by Gasteiger charge is -2.15. The Morgan fingerprint density at radius 1 is 1.43 bits per heavy atom. The van der Waals surface area contributed by atoms with Gasteiger partial charge in [0.05, 0.1) is 30.6 Å². The number of rotatable bonds is 8. The number of anilines is 1. The number of aliphatic hydroxyl groups is 1. The molecule has 1 aromatic heterocycles. The van der Waals surface area contributed by atoms with E-state index in [2.05, 4.69) is 15.4 Å². The van der Waals surface area contributed by atoms with E-state index in [1.165, 1.54) is 11.0 Å². The van der Waals surface area contributed by atoms with E-state index in [0.717, 1.165) is 11.3 Å². The predicted octanol–water partition coefficient (Wildman–Crippen LogP) is 2.27. The third-order valence-electron chi connectivity index (χ3n) is 5.30. The van der Waals surface area contributed by atoms with Gasteiger partial charge in [0.2, 0.25) is 0 Å². The van der Waals surface area contributed by atoms with Crippen LogP contribution in [0, 0.1) is 16.8 Å². The number of hydrogen-bond acceptors (Lipinski definition) is 8. The van der Waals surface area contributed by atoms with Gasteiger partial charge in [-0.1, -0.05) is 6.07 Å². The number of pyridine rings is 1. The lowest BCUT2D eigenvalue weighted by Crippen LogP contribution is -2.34. The Kier molecular flexibility index (Phi) is 5.51. The number of amides is 1. The van der Waals surface area contributed by atoms with Crippen LogP contribution < -0.4 is 10.2 Å². The average Bonchev–Trinajstić information content (AvgIpc) is 3.25. The van der Waals surface area contributed by atoms with Crippen LogP contribution in [0.4, 0.5) is 14.9 Å². The number of halogens is 1. The highest BCUT2D eigenvalue weighted by molar-refractivity contribution is 5.94. The molecular weight excluding hydrogens is 391 g/mol. The predicted molar refractivity (Wildman–Crippen MR) is 106 cm³/mol. The molecule has 1 fully saturated rings. The molecule has 0 aliphatic carbocycles. The summed E-state index contributed by atoms with van der Waals surface area (Å²) in [6.45, 7) is 0.563. The number of benzene rings is 1. The molecule has 10 heteroatoms. The van der Waals surface area contributed by atoms with Crippen molar-refractivity contribution in [3.63, 3.8) is 0 Å². The molecule has 0 radical (unpaired) electrons. The molecule has 2 atom stereocenters. The largest absolute Gasteiger partial charge is 0.441 e. The Balaban J connectivity index is 1.49. The maximum absolute atomic E-state index is 14.8. The first-order valence-corrected chi connectivity index (χ1v) is 9.50. The van der Waals surface area contributed by atoms with Gasteiger partial charge in [0.25, 0.3) is 0 Å². The van der Waals surface area contributed by atoms with Crippen LogP contribution in [0.1, 0.15) is 11.3 Å². The maximum atomic E-state index is 14.8. The average molecular weight is 412 g/mol. The fraction of sp³-hybridized carbons (Fsp3) is 0.350. The van der Waals surface area contributed by atoms with Crippen molar-refractivity contribution in [1.29, 1.82) is 10.9 Å². The molecule has 0 saturated carbocycles. The van der Waals surface area contributed by atoms with Crippen molar-refractivity contribution in [1.82, 2.24) is 10.3 Å². The normalized spacial score (nSPS) is 19.4. The van der Waals surface area contributed by atoms with Crippen molar-refractivity contribution in [2.24, 2.45) is 5.11 Å². The van der Waals surface area contributed by atoms with E-state index >= 15 is 0 Å². The van der Waals surface area contributed by atoms with Gasteiger partial charge in [-0.25, -0.2) is 14.7 Å². The van der Waals surface area contributed by atoms with E-state index in [1.807, 2.05) is 0 Å². The summed E-state index contributed by atoms with van der Waals surface area (Å²) in [5.41, 5.74) is 10.1. The smallest absolute Gasteiger partial charge is 0.415 e. The molecule has 156 valence electrons. The molecule has 1 aromatic carbocycles. The SMILES string of the molecule is N=NCC(=N)CNCc1ccc(-c2cc3c(cc2F)N2C(=O)OC(CO)C2C3)cn1. The van der Waals surface area contributed by atoms with E-state index < -0.39 is 18.0 Å². The monoisotopic (exact) mass is 412 g/mol. The first-order valence-electron chi connectivity index (χ1n) is 9.50. The number of aromatic nitrogens is 1. The van der Waals surface area contributed by atoms with Crippen molar-refractivity contribution < 1.29 is 19.0 Å². The van der Waals surface area contributed by atoms with Crippen molar-refractivity contribution >= 4 is 17.5 Å². The van der Waals surface area contributed by atoms with E-state index in [0.29, 0.717) is 42.0 Å². The number of cyclic esters (lactones) is 1. The van der Waals surface area contributed by atoms with Crippen LogP contribution >= 0.6 is 0 Å². The summed E-state index contributed by atoms with van der Waals surface area (Å²) in [6, 6.07) is 6.31. The molecule has 0 spiro atoms. The minimum Gasteiger partial charge on any atom is -0.441 e. The number of carbonyl (C=O) groups is 1. The van der Waals surface area contributed by atoms with Gasteiger partial charge in [-0.3, -0.25) is 9.88 Å². The highest BCUT2D eigenvalue weighted by atomic mass is 19.1. The Morgan fingerprint density at radius 3 is 2.97 bits per heavy atom. The molecule has 2 unspecified atom stereocenters. The zero-order valence-corrected chi connectivity index (χ0v) is 16.1. The Morgan fingerprint density at radius 2 is 2.27 bits per heavy atom. The number of nitrogens with one attached hydrogen (secondary N) is 3. The maximum Gasteiger partial charge on any atom is 0.415 e. The fourth-order valence-electron chi connectivity index (χ4n) is 3.85. The summed E-state index contributed by atoms with van der Waals surface area (Å²) in [7, 11) is 0. The van der Waals surface area contributed by atoms with Gasteiger partial charge >= 0.3 is 6.09 Å². The molecule has 4 rings (SSSR count). The first kappa shape index (κ1) is 20.0. The number of fused-ring (bicyclic) bond motifs is 3. The number of aliphatic hydroxyl groups excluding tert-OH is 1. The second kappa shape index (κ2) is 8.25. The van der Waals surface area contributed by atoms with Crippen molar-refractivity contribution in [2.45, 2.75) is 25.1 Å². The molecule has 3 heterocycles. The summed E-state index contributed by atoms with van der Waals surface area (Å²) in [4.78, 5) is 17.9. The minimum absolute atomic E-state index is 0.0754. The van der Waals surface area contributed by atoms with Gasteiger partial charge in [0, 0.05) is 36.1 Å². The molecule has 9 nitrogen and oxygen atoms in total. The van der Waals surface area contributed by atoms with Gasteiger partial charge in [0.15, 0.2) is 0 Å². The van der Waals surface area contributed by atoms with Crippen LogP contribution in [0.5, 0.6) is 0 Å². The summed E-state index contributed by atoms with van der Waals surface area (Å²) in [6.07, 6.45) is 0.910.